The van der Waals surface area contributed by atoms with E-state index in [2.05, 4.69) is 12.2 Å². The third kappa shape index (κ3) is 4.11. The summed E-state index contributed by atoms with van der Waals surface area (Å²) in [4.78, 5) is 10.9. The summed E-state index contributed by atoms with van der Waals surface area (Å²) in [5, 5.41) is 0. The highest BCUT2D eigenvalue weighted by atomic mass is 16.5. The van der Waals surface area contributed by atoms with Crippen molar-refractivity contribution >= 4 is 5.97 Å². The number of hydrogen-bond acceptors (Lipinski definition) is 2. The lowest BCUT2D eigenvalue weighted by Crippen LogP contribution is -2.23. The first-order valence-electron chi connectivity index (χ1n) is 5.13. The number of carbonyl (C=O) groups excluding carboxylic acids is 1. The van der Waals surface area contributed by atoms with E-state index in [4.69, 9.17) is 4.74 Å². The number of carbonyl (C=O) groups is 1. The van der Waals surface area contributed by atoms with Crippen molar-refractivity contribution in [2.75, 3.05) is 0 Å². The van der Waals surface area contributed by atoms with Crippen LogP contribution in [0.5, 0.6) is 0 Å². The fraction of sp³-hybridized carbons (Fsp3) is 0.727. The first-order valence-corrected chi connectivity index (χ1v) is 5.13. The van der Waals surface area contributed by atoms with Crippen molar-refractivity contribution in [2.24, 2.45) is 0 Å². The fourth-order valence-corrected chi connectivity index (χ4v) is 1.61. The molecule has 1 aliphatic rings. The summed E-state index contributed by atoms with van der Waals surface area (Å²) < 4.78 is 5.20. The minimum atomic E-state index is -0.0118. The van der Waals surface area contributed by atoms with Crippen molar-refractivity contribution in [3.8, 4) is 0 Å². The van der Waals surface area contributed by atoms with Gasteiger partial charge < -0.3 is 4.74 Å². The molecule has 1 atom stereocenters. The van der Waals surface area contributed by atoms with Crippen molar-refractivity contribution in [1.82, 2.24) is 0 Å². The van der Waals surface area contributed by atoms with Gasteiger partial charge in [-0.2, -0.15) is 0 Å². The highest BCUT2D eigenvalue weighted by Gasteiger charge is 2.19. The summed E-state index contributed by atoms with van der Waals surface area (Å²) in [5.41, 5.74) is 0. The van der Waals surface area contributed by atoms with E-state index in [1.54, 1.807) is 0 Å². The molecule has 0 aromatic heterocycles. The van der Waals surface area contributed by atoms with E-state index in [1.165, 1.54) is 0 Å². The van der Waals surface area contributed by atoms with Crippen LogP contribution in [0, 0.1) is 0 Å². The van der Waals surface area contributed by atoms with E-state index < -0.39 is 0 Å². The molecule has 0 amide bonds. The minimum Gasteiger partial charge on any atom is -0.462 e. The lowest BCUT2D eigenvalue weighted by molar-refractivity contribution is -0.154. The van der Waals surface area contributed by atoms with Crippen LogP contribution in [0.25, 0.3) is 0 Å². The maximum Gasteiger partial charge on any atom is 0.306 e. The zero-order valence-corrected chi connectivity index (χ0v) is 8.29. The van der Waals surface area contributed by atoms with Gasteiger partial charge in [0.1, 0.15) is 6.10 Å². The van der Waals surface area contributed by atoms with Gasteiger partial charge in [-0.3, -0.25) is 4.79 Å². The van der Waals surface area contributed by atoms with Gasteiger partial charge in [-0.05, 0) is 39.0 Å². The van der Waals surface area contributed by atoms with Gasteiger partial charge in [0.15, 0.2) is 0 Å². The third-order valence-corrected chi connectivity index (χ3v) is 2.34. The van der Waals surface area contributed by atoms with Gasteiger partial charge in [0.2, 0.25) is 0 Å². The first kappa shape index (κ1) is 10.3. The average molecular weight is 182 g/mol. The molecule has 0 radical (unpaired) electrons. The zero-order chi connectivity index (χ0) is 9.52. The topological polar surface area (TPSA) is 26.3 Å². The van der Waals surface area contributed by atoms with Gasteiger partial charge in [-0.15, -0.1) is 0 Å². The van der Waals surface area contributed by atoms with Gasteiger partial charge in [0, 0.05) is 6.42 Å². The van der Waals surface area contributed by atoms with Gasteiger partial charge in [-0.1, -0.05) is 12.2 Å². The summed E-state index contributed by atoms with van der Waals surface area (Å²) >= 11 is 0. The van der Waals surface area contributed by atoms with E-state index in [9.17, 15) is 4.79 Å². The molecule has 1 heterocycles. The Bertz CT molecular complexity index is 185. The van der Waals surface area contributed by atoms with Crippen LogP contribution in [0.15, 0.2) is 12.2 Å². The Morgan fingerprint density at radius 2 is 2.46 bits per heavy atom. The van der Waals surface area contributed by atoms with Gasteiger partial charge in [0.25, 0.3) is 0 Å². The summed E-state index contributed by atoms with van der Waals surface area (Å²) in [6, 6.07) is 0. The van der Waals surface area contributed by atoms with Crippen LogP contribution in [0.2, 0.25) is 0 Å². The minimum absolute atomic E-state index is 0.0118. The lowest BCUT2D eigenvalue weighted by Gasteiger charge is -2.21. The third-order valence-electron chi connectivity index (χ3n) is 2.34. The molecule has 0 bridgehead atoms. The summed E-state index contributed by atoms with van der Waals surface area (Å²) in [6.45, 7) is 2.03. The number of ether oxygens (including phenoxy) is 1. The molecule has 0 spiro atoms. The first-order chi connectivity index (χ1) is 6.33. The van der Waals surface area contributed by atoms with Crippen LogP contribution in [0.1, 0.15) is 45.4 Å². The largest absolute Gasteiger partial charge is 0.462 e. The normalized spacial score (nSPS) is 23.5. The Morgan fingerprint density at radius 1 is 1.62 bits per heavy atom. The van der Waals surface area contributed by atoms with Gasteiger partial charge in [0.05, 0.1) is 0 Å². The second-order valence-electron chi connectivity index (χ2n) is 3.50. The molecule has 0 saturated carbocycles. The van der Waals surface area contributed by atoms with Crippen molar-refractivity contribution in [3.63, 3.8) is 0 Å². The quantitative estimate of drug-likeness (QED) is 0.379. The molecule has 0 aromatic rings. The molecular weight excluding hydrogens is 164 g/mol. The van der Waals surface area contributed by atoms with E-state index in [0.717, 1.165) is 32.1 Å². The van der Waals surface area contributed by atoms with Crippen molar-refractivity contribution < 1.29 is 9.53 Å². The number of unbranched alkanes of at least 4 members (excludes halogenated alkanes) is 1. The Hall–Kier alpha value is -0.790. The Balaban J connectivity index is 2.10. The van der Waals surface area contributed by atoms with E-state index >= 15 is 0 Å². The summed E-state index contributed by atoms with van der Waals surface area (Å²) in [7, 11) is 0. The van der Waals surface area contributed by atoms with Gasteiger partial charge >= 0.3 is 5.97 Å². The molecule has 0 aliphatic carbocycles. The lowest BCUT2D eigenvalue weighted by atomic mass is 10.0. The average Bonchev–Trinajstić information content (AvgIpc) is 2.13. The number of rotatable bonds is 4. The molecule has 1 unspecified atom stereocenters. The second-order valence-corrected chi connectivity index (χ2v) is 3.50. The smallest absolute Gasteiger partial charge is 0.306 e. The van der Waals surface area contributed by atoms with Crippen molar-refractivity contribution in [1.29, 1.82) is 0 Å². The van der Waals surface area contributed by atoms with Crippen LogP contribution >= 0.6 is 0 Å². The molecule has 74 valence electrons. The van der Waals surface area contributed by atoms with E-state index in [-0.39, 0.29) is 12.1 Å². The molecular formula is C11H18O2. The number of esters is 1. The molecule has 13 heavy (non-hydrogen) atoms. The predicted octanol–water partition coefficient (Wildman–Crippen LogP) is 2.83. The van der Waals surface area contributed by atoms with Crippen LogP contribution in [-0.4, -0.2) is 12.1 Å². The Morgan fingerprint density at radius 3 is 3.15 bits per heavy atom. The number of hydrogen-bond donors (Lipinski definition) is 0. The molecule has 1 saturated heterocycles. The SMILES string of the molecule is CC=CCCCC1CCCC(=O)O1. The van der Waals surface area contributed by atoms with Crippen LogP contribution in [-0.2, 0) is 9.53 Å². The Labute approximate surface area is 80.0 Å². The maximum atomic E-state index is 10.9. The molecule has 0 N–H and O–H groups in total. The second kappa shape index (κ2) is 5.79. The van der Waals surface area contributed by atoms with Crippen molar-refractivity contribution in [2.45, 2.75) is 51.6 Å². The summed E-state index contributed by atoms with van der Waals surface area (Å²) in [6.07, 6.45) is 10.4. The molecule has 1 fully saturated rings. The van der Waals surface area contributed by atoms with Crippen molar-refractivity contribution in [3.05, 3.63) is 12.2 Å². The van der Waals surface area contributed by atoms with Gasteiger partial charge in [-0.25, -0.2) is 0 Å². The molecule has 0 aromatic carbocycles. The summed E-state index contributed by atoms with van der Waals surface area (Å²) in [5.74, 6) is -0.0118. The fourth-order valence-electron chi connectivity index (χ4n) is 1.61. The Kier molecular flexibility index (Phi) is 4.58. The highest BCUT2D eigenvalue weighted by molar-refractivity contribution is 5.70. The van der Waals surface area contributed by atoms with E-state index in [1.807, 2.05) is 6.92 Å². The highest BCUT2D eigenvalue weighted by Crippen LogP contribution is 2.18. The zero-order valence-electron chi connectivity index (χ0n) is 8.29. The molecule has 2 nitrogen and oxygen atoms in total. The van der Waals surface area contributed by atoms with Crippen LogP contribution in [0.3, 0.4) is 0 Å². The molecule has 1 rings (SSSR count). The number of cyclic esters (lactones) is 1. The molecule has 2 heteroatoms. The van der Waals surface area contributed by atoms with E-state index in [0.29, 0.717) is 6.42 Å². The maximum absolute atomic E-state index is 10.9. The van der Waals surface area contributed by atoms with Crippen LogP contribution < -0.4 is 0 Å². The number of allylic oxidation sites excluding steroid dienone is 2. The van der Waals surface area contributed by atoms with Crippen LogP contribution in [0.4, 0.5) is 0 Å². The standard InChI is InChI=1S/C11H18O2/c1-2-3-4-5-7-10-8-6-9-11(12)13-10/h2-3,10H,4-9H2,1H3. The monoisotopic (exact) mass is 182 g/mol. The predicted molar refractivity (Wildman–Crippen MR) is 52.4 cm³/mol. The molecule has 1 aliphatic heterocycles.